The summed E-state index contributed by atoms with van der Waals surface area (Å²) in [6.45, 7) is 6.22. The average Bonchev–Trinajstić information content (AvgIpc) is 3.33. The van der Waals surface area contributed by atoms with E-state index in [1.807, 2.05) is 24.3 Å². The van der Waals surface area contributed by atoms with Crippen LogP contribution in [-0.2, 0) is 18.3 Å². The minimum Gasteiger partial charge on any atom is -0.423 e. The van der Waals surface area contributed by atoms with Crippen molar-refractivity contribution in [1.82, 2.24) is 24.6 Å². The molecule has 2 saturated heterocycles. The molecule has 0 radical (unpaired) electrons. The number of para-hydroxylation sites is 2. The van der Waals surface area contributed by atoms with Gasteiger partial charge in [-0.25, -0.2) is 0 Å². The third-order valence-electron chi connectivity index (χ3n) is 5.88. The molecule has 148 valence electrons. The smallest absolute Gasteiger partial charge is 0.298 e. The van der Waals surface area contributed by atoms with E-state index in [-0.39, 0.29) is 0 Å². The van der Waals surface area contributed by atoms with Gasteiger partial charge in [-0.05, 0) is 25.0 Å². The third-order valence-corrected chi connectivity index (χ3v) is 5.88. The van der Waals surface area contributed by atoms with E-state index in [4.69, 9.17) is 9.15 Å². The molecular weight excluding hydrogens is 356 g/mol. The van der Waals surface area contributed by atoms with E-state index in [1.165, 1.54) is 0 Å². The zero-order valence-corrected chi connectivity index (χ0v) is 16.3. The van der Waals surface area contributed by atoms with E-state index in [1.54, 1.807) is 0 Å². The summed E-state index contributed by atoms with van der Waals surface area (Å²) in [7, 11) is 2.10. The number of ether oxygens (including phenoxy) is 1. The molecule has 0 spiro atoms. The standard InChI is InChI=1S/C20H26N6O2/c1-24-18(14-25-10-12-27-13-11-25)22-23-19(24)15-6-8-26(9-7-15)20-21-16-4-2-3-5-17(16)28-20/h2-5,15H,6-14H2,1H3. The molecule has 2 aliphatic heterocycles. The van der Waals surface area contributed by atoms with Crippen LogP contribution in [-0.4, -0.2) is 64.0 Å². The summed E-state index contributed by atoms with van der Waals surface area (Å²) in [6.07, 6.45) is 2.06. The molecule has 0 atom stereocenters. The van der Waals surface area contributed by atoms with E-state index < -0.39 is 0 Å². The maximum Gasteiger partial charge on any atom is 0.298 e. The van der Waals surface area contributed by atoms with Crippen molar-refractivity contribution in [2.75, 3.05) is 44.3 Å². The van der Waals surface area contributed by atoms with Gasteiger partial charge >= 0.3 is 0 Å². The highest BCUT2D eigenvalue weighted by molar-refractivity contribution is 5.74. The van der Waals surface area contributed by atoms with Gasteiger partial charge in [0.25, 0.3) is 6.01 Å². The molecule has 5 rings (SSSR count). The molecule has 2 fully saturated rings. The molecule has 1 aromatic carbocycles. The molecule has 8 heteroatoms. The quantitative estimate of drug-likeness (QED) is 0.685. The highest BCUT2D eigenvalue weighted by Gasteiger charge is 2.27. The Bertz CT molecular complexity index is 904. The van der Waals surface area contributed by atoms with Crippen molar-refractivity contribution in [3.63, 3.8) is 0 Å². The van der Waals surface area contributed by atoms with Crippen LogP contribution in [0.15, 0.2) is 28.7 Å². The Hall–Kier alpha value is -2.45. The van der Waals surface area contributed by atoms with Gasteiger partial charge in [0.15, 0.2) is 5.58 Å². The normalized spacial score (nSPS) is 19.5. The van der Waals surface area contributed by atoms with Crippen molar-refractivity contribution in [1.29, 1.82) is 0 Å². The van der Waals surface area contributed by atoms with E-state index in [0.29, 0.717) is 5.92 Å². The summed E-state index contributed by atoms with van der Waals surface area (Å²) < 4.78 is 13.5. The lowest BCUT2D eigenvalue weighted by Crippen LogP contribution is -2.36. The summed E-state index contributed by atoms with van der Waals surface area (Å²) >= 11 is 0. The number of piperidine rings is 1. The summed E-state index contributed by atoms with van der Waals surface area (Å²) in [5, 5.41) is 9.01. The number of aromatic nitrogens is 4. The summed E-state index contributed by atoms with van der Waals surface area (Å²) in [6, 6.07) is 8.65. The lowest BCUT2D eigenvalue weighted by Gasteiger charge is -2.30. The van der Waals surface area contributed by atoms with Crippen molar-refractivity contribution >= 4 is 17.1 Å². The van der Waals surface area contributed by atoms with Gasteiger partial charge in [0.1, 0.15) is 17.2 Å². The molecule has 0 saturated carbocycles. The fraction of sp³-hybridized carbons (Fsp3) is 0.550. The number of nitrogens with zero attached hydrogens (tertiary/aromatic N) is 6. The topological polar surface area (TPSA) is 72.5 Å². The first kappa shape index (κ1) is 17.6. The van der Waals surface area contributed by atoms with Crippen LogP contribution in [0.1, 0.15) is 30.4 Å². The summed E-state index contributed by atoms with van der Waals surface area (Å²) in [4.78, 5) is 9.25. The van der Waals surface area contributed by atoms with E-state index in [9.17, 15) is 0 Å². The van der Waals surface area contributed by atoms with Crippen LogP contribution in [0.25, 0.3) is 11.1 Å². The Labute approximate surface area is 164 Å². The summed E-state index contributed by atoms with van der Waals surface area (Å²) in [5.74, 6) is 2.57. The van der Waals surface area contributed by atoms with Crippen LogP contribution < -0.4 is 4.90 Å². The molecule has 0 aliphatic carbocycles. The molecule has 2 aromatic heterocycles. The zero-order chi connectivity index (χ0) is 18.9. The molecule has 4 heterocycles. The Balaban J connectivity index is 1.24. The number of fused-ring (bicyclic) bond motifs is 1. The molecular formula is C20H26N6O2. The van der Waals surface area contributed by atoms with Crippen molar-refractivity contribution in [3.05, 3.63) is 35.9 Å². The zero-order valence-electron chi connectivity index (χ0n) is 16.3. The minimum absolute atomic E-state index is 0.427. The molecule has 0 bridgehead atoms. The fourth-order valence-electron chi connectivity index (χ4n) is 4.15. The van der Waals surface area contributed by atoms with Crippen molar-refractivity contribution in [2.45, 2.75) is 25.3 Å². The van der Waals surface area contributed by atoms with Crippen molar-refractivity contribution < 1.29 is 9.15 Å². The number of anilines is 1. The molecule has 28 heavy (non-hydrogen) atoms. The first-order valence-electron chi connectivity index (χ1n) is 10.1. The molecule has 3 aromatic rings. The number of hydrogen-bond donors (Lipinski definition) is 0. The third kappa shape index (κ3) is 3.38. The van der Waals surface area contributed by atoms with Gasteiger partial charge < -0.3 is 18.6 Å². The van der Waals surface area contributed by atoms with Gasteiger partial charge in [-0.2, -0.15) is 4.98 Å². The SMILES string of the molecule is Cn1c(CN2CCOCC2)nnc1C1CCN(c2nc3ccccc3o2)CC1. The molecule has 0 N–H and O–H groups in total. The summed E-state index contributed by atoms with van der Waals surface area (Å²) in [5.41, 5.74) is 1.77. The minimum atomic E-state index is 0.427. The Morgan fingerprint density at radius 1 is 1.04 bits per heavy atom. The second kappa shape index (κ2) is 7.52. The van der Waals surface area contributed by atoms with Crippen LogP contribution in [0.5, 0.6) is 0 Å². The van der Waals surface area contributed by atoms with Crippen molar-refractivity contribution in [3.8, 4) is 0 Å². The van der Waals surface area contributed by atoms with E-state index >= 15 is 0 Å². The number of benzene rings is 1. The monoisotopic (exact) mass is 382 g/mol. The van der Waals surface area contributed by atoms with Crippen LogP contribution in [0.3, 0.4) is 0 Å². The second-order valence-electron chi connectivity index (χ2n) is 7.65. The van der Waals surface area contributed by atoms with Gasteiger partial charge in [0.05, 0.1) is 19.8 Å². The Morgan fingerprint density at radius 2 is 1.82 bits per heavy atom. The maximum atomic E-state index is 5.93. The predicted octanol–water partition coefficient (Wildman–Crippen LogP) is 2.17. The second-order valence-corrected chi connectivity index (χ2v) is 7.65. The van der Waals surface area contributed by atoms with Gasteiger partial charge in [-0.3, -0.25) is 4.90 Å². The van der Waals surface area contributed by atoms with Gasteiger partial charge in [-0.1, -0.05) is 12.1 Å². The van der Waals surface area contributed by atoms with Gasteiger partial charge in [0, 0.05) is 39.1 Å². The first-order valence-corrected chi connectivity index (χ1v) is 10.1. The number of rotatable bonds is 4. The van der Waals surface area contributed by atoms with Crippen molar-refractivity contribution in [2.24, 2.45) is 7.05 Å². The number of hydrogen-bond acceptors (Lipinski definition) is 7. The van der Waals surface area contributed by atoms with Crippen LogP contribution >= 0.6 is 0 Å². The van der Waals surface area contributed by atoms with Gasteiger partial charge in [-0.15, -0.1) is 10.2 Å². The van der Waals surface area contributed by atoms with Gasteiger partial charge in [0.2, 0.25) is 0 Å². The van der Waals surface area contributed by atoms with Crippen LogP contribution in [0, 0.1) is 0 Å². The van der Waals surface area contributed by atoms with E-state index in [2.05, 4.69) is 36.6 Å². The predicted molar refractivity (Wildman–Crippen MR) is 105 cm³/mol. The highest BCUT2D eigenvalue weighted by Crippen LogP contribution is 2.30. The average molecular weight is 382 g/mol. The van der Waals surface area contributed by atoms with Crippen LogP contribution in [0.2, 0.25) is 0 Å². The maximum absolute atomic E-state index is 5.93. The lowest BCUT2D eigenvalue weighted by molar-refractivity contribution is 0.0326. The molecule has 2 aliphatic rings. The Morgan fingerprint density at radius 3 is 2.61 bits per heavy atom. The highest BCUT2D eigenvalue weighted by atomic mass is 16.5. The van der Waals surface area contributed by atoms with E-state index in [0.717, 1.165) is 87.5 Å². The number of morpholine rings is 1. The van der Waals surface area contributed by atoms with Crippen LogP contribution in [0.4, 0.5) is 6.01 Å². The Kier molecular flexibility index (Phi) is 4.74. The number of oxazole rings is 1. The largest absolute Gasteiger partial charge is 0.423 e. The first-order chi connectivity index (χ1) is 13.8. The molecule has 8 nitrogen and oxygen atoms in total. The lowest BCUT2D eigenvalue weighted by atomic mass is 9.96. The molecule has 0 amide bonds. The molecule has 0 unspecified atom stereocenters. The fourth-order valence-corrected chi connectivity index (χ4v) is 4.15.